The summed E-state index contributed by atoms with van der Waals surface area (Å²) in [4.78, 5) is 0. The second kappa shape index (κ2) is 4.57. The van der Waals surface area contributed by atoms with E-state index in [9.17, 15) is 8.78 Å². The van der Waals surface area contributed by atoms with Crippen LogP contribution in [-0.4, -0.2) is 7.05 Å². The van der Waals surface area contributed by atoms with Crippen LogP contribution in [0.25, 0.3) is 0 Å². The summed E-state index contributed by atoms with van der Waals surface area (Å²) < 4.78 is 27.8. The first kappa shape index (κ1) is 12.5. The van der Waals surface area contributed by atoms with Gasteiger partial charge in [-0.15, -0.1) is 0 Å². The van der Waals surface area contributed by atoms with E-state index in [1.54, 1.807) is 0 Å². The van der Waals surface area contributed by atoms with Crippen molar-refractivity contribution in [3.05, 3.63) is 33.8 Å². The highest BCUT2D eigenvalue weighted by molar-refractivity contribution is 9.10. The van der Waals surface area contributed by atoms with E-state index in [0.717, 1.165) is 24.7 Å². The maximum atomic E-state index is 14.0. The Morgan fingerprint density at radius 3 is 2.44 bits per heavy atom. The summed E-state index contributed by atoms with van der Waals surface area (Å²) in [5, 5.41) is 3.17. The SMILES string of the molecule is CNC(c1cc(F)c(Br)cc1F)C1CC2CC2C1. The van der Waals surface area contributed by atoms with Crippen LogP contribution in [0.4, 0.5) is 8.78 Å². The van der Waals surface area contributed by atoms with Crippen LogP contribution in [0.15, 0.2) is 16.6 Å². The van der Waals surface area contributed by atoms with E-state index in [1.165, 1.54) is 18.6 Å². The van der Waals surface area contributed by atoms with Crippen molar-refractivity contribution in [2.24, 2.45) is 17.8 Å². The van der Waals surface area contributed by atoms with Crippen LogP contribution in [0.2, 0.25) is 0 Å². The molecule has 0 radical (unpaired) electrons. The molecule has 98 valence electrons. The van der Waals surface area contributed by atoms with Gasteiger partial charge in [-0.3, -0.25) is 0 Å². The number of benzene rings is 1. The molecule has 1 nitrogen and oxygen atoms in total. The van der Waals surface area contributed by atoms with Crippen LogP contribution < -0.4 is 5.32 Å². The summed E-state index contributed by atoms with van der Waals surface area (Å²) in [6.07, 6.45) is 3.63. The highest BCUT2D eigenvalue weighted by Gasteiger charge is 2.48. The van der Waals surface area contributed by atoms with E-state index in [0.29, 0.717) is 11.5 Å². The number of fused-ring (bicyclic) bond motifs is 1. The molecule has 2 fully saturated rings. The molecule has 0 amide bonds. The zero-order chi connectivity index (χ0) is 12.9. The smallest absolute Gasteiger partial charge is 0.137 e. The second-order valence-corrected chi connectivity index (χ2v) is 6.40. The summed E-state index contributed by atoms with van der Waals surface area (Å²) >= 11 is 3.02. The Balaban J connectivity index is 1.88. The van der Waals surface area contributed by atoms with Crippen LogP contribution in [0.1, 0.15) is 30.9 Å². The molecule has 3 atom stereocenters. The molecule has 0 aromatic heterocycles. The first-order valence-corrected chi connectivity index (χ1v) is 7.21. The minimum atomic E-state index is -0.394. The third kappa shape index (κ3) is 2.10. The molecule has 2 aliphatic carbocycles. The van der Waals surface area contributed by atoms with Gasteiger partial charge < -0.3 is 5.32 Å². The first-order valence-electron chi connectivity index (χ1n) is 6.42. The molecule has 0 heterocycles. The lowest BCUT2D eigenvalue weighted by Crippen LogP contribution is -2.25. The second-order valence-electron chi connectivity index (χ2n) is 5.54. The van der Waals surface area contributed by atoms with Gasteiger partial charge >= 0.3 is 0 Å². The highest BCUT2D eigenvalue weighted by atomic mass is 79.9. The highest BCUT2D eigenvalue weighted by Crippen LogP contribution is 2.57. The van der Waals surface area contributed by atoms with Gasteiger partial charge in [0.05, 0.1) is 4.47 Å². The van der Waals surface area contributed by atoms with E-state index in [-0.39, 0.29) is 16.3 Å². The molecule has 2 saturated carbocycles. The number of hydrogen-bond acceptors (Lipinski definition) is 1. The Bertz CT molecular complexity index is 467. The van der Waals surface area contributed by atoms with Gasteiger partial charge in [0.15, 0.2) is 0 Å². The van der Waals surface area contributed by atoms with Crippen molar-refractivity contribution in [1.82, 2.24) is 5.32 Å². The summed E-state index contributed by atoms with van der Waals surface area (Å²) in [6.45, 7) is 0. The molecule has 4 heteroatoms. The molecule has 1 aromatic carbocycles. The predicted molar refractivity (Wildman–Crippen MR) is 70.2 cm³/mol. The third-order valence-corrected chi connectivity index (χ3v) is 5.04. The number of nitrogens with one attached hydrogen (secondary N) is 1. The standard InChI is InChI=1S/C14H16BrF2N/c1-18-14(9-3-7-2-8(7)4-9)10-5-13(17)11(15)6-12(10)16/h5-9,14,18H,2-4H2,1H3. The molecule has 0 aliphatic heterocycles. The molecule has 3 unspecified atom stereocenters. The van der Waals surface area contributed by atoms with Crippen molar-refractivity contribution in [1.29, 1.82) is 0 Å². The maximum Gasteiger partial charge on any atom is 0.137 e. The molecule has 0 saturated heterocycles. The molecule has 0 bridgehead atoms. The van der Waals surface area contributed by atoms with Gasteiger partial charge in [-0.05, 0) is 72.1 Å². The van der Waals surface area contributed by atoms with E-state index in [2.05, 4.69) is 21.2 Å². The fourth-order valence-corrected chi connectivity index (χ4v) is 3.77. The molecule has 18 heavy (non-hydrogen) atoms. The molecule has 1 N–H and O–H groups in total. The fourth-order valence-electron chi connectivity index (χ4n) is 3.46. The zero-order valence-electron chi connectivity index (χ0n) is 10.2. The lowest BCUT2D eigenvalue weighted by molar-refractivity contribution is 0.348. The lowest BCUT2D eigenvalue weighted by Gasteiger charge is -2.25. The Kier molecular flexibility index (Phi) is 3.18. The molecule has 1 aromatic rings. The number of halogens is 3. The predicted octanol–water partition coefficient (Wildman–Crippen LogP) is 4.03. The maximum absolute atomic E-state index is 14.0. The van der Waals surface area contributed by atoms with Crippen molar-refractivity contribution >= 4 is 15.9 Å². The zero-order valence-corrected chi connectivity index (χ0v) is 11.8. The van der Waals surface area contributed by atoms with Crippen molar-refractivity contribution in [2.75, 3.05) is 7.05 Å². The monoisotopic (exact) mass is 315 g/mol. The fraction of sp³-hybridized carbons (Fsp3) is 0.571. The van der Waals surface area contributed by atoms with Crippen LogP contribution in [0.5, 0.6) is 0 Å². The van der Waals surface area contributed by atoms with E-state index >= 15 is 0 Å². The number of rotatable bonds is 3. The molecule has 2 aliphatic rings. The minimum Gasteiger partial charge on any atom is -0.313 e. The largest absolute Gasteiger partial charge is 0.313 e. The van der Waals surface area contributed by atoms with Gasteiger partial charge in [0.1, 0.15) is 11.6 Å². The van der Waals surface area contributed by atoms with Crippen molar-refractivity contribution in [3.63, 3.8) is 0 Å². The van der Waals surface area contributed by atoms with E-state index in [1.807, 2.05) is 7.05 Å². The van der Waals surface area contributed by atoms with Gasteiger partial charge in [0.2, 0.25) is 0 Å². The van der Waals surface area contributed by atoms with Crippen molar-refractivity contribution < 1.29 is 8.78 Å². The molecule has 0 spiro atoms. The average Bonchev–Trinajstić information content (AvgIpc) is 2.94. The average molecular weight is 316 g/mol. The number of hydrogen-bond donors (Lipinski definition) is 1. The topological polar surface area (TPSA) is 12.0 Å². The van der Waals surface area contributed by atoms with Gasteiger partial charge in [-0.2, -0.15) is 0 Å². The lowest BCUT2D eigenvalue weighted by atomic mass is 9.89. The Hall–Kier alpha value is -0.480. The van der Waals surface area contributed by atoms with Crippen LogP contribution >= 0.6 is 15.9 Å². The Labute approximate surface area is 114 Å². The Morgan fingerprint density at radius 2 is 1.83 bits per heavy atom. The van der Waals surface area contributed by atoms with Crippen molar-refractivity contribution in [2.45, 2.75) is 25.3 Å². The molecular weight excluding hydrogens is 300 g/mol. The minimum absolute atomic E-state index is 0.0691. The van der Waals surface area contributed by atoms with Crippen LogP contribution in [-0.2, 0) is 0 Å². The van der Waals surface area contributed by atoms with Crippen LogP contribution in [0, 0.1) is 29.4 Å². The van der Waals surface area contributed by atoms with Crippen molar-refractivity contribution in [3.8, 4) is 0 Å². The normalized spacial score (nSPS) is 31.2. The van der Waals surface area contributed by atoms with Gasteiger partial charge in [0, 0.05) is 11.6 Å². The summed E-state index contributed by atoms with van der Waals surface area (Å²) in [6, 6.07) is 2.48. The van der Waals surface area contributed by atoms with E-state index in [4.69, 9.17) is 0 Å². The van der Waals surface area contributed by atoms with Gasteiger partial charge in [-0.25, -0.2) is 8.78 Å². The van der Waals surface area contributed by atoms with Crippen LogP contribution in [0.3, 0.4) is 0 Å². The summed E-state index contributed by atoms with van der Waals surface area (Å²) in [5.41, 5.74) is 0.463. The molecule has 3 rings (SSSR count). The van der Waals surface area contributed by atoms with Gasteiger partial charge in [0.25, 0.3) is 0 Å². The summed E-state index contributed by atoms with van der Waals surface area (Å²) in [7, 11) is 1.83. The summed E-state index contributed by atoms with van der Waals surface area (Å²) in [5.74, 6) is 1.40. The Morgan fingerprint density at radius 1 is 1.17 bits per heavy atom. The third-order valence-electron chi connectivity index (χ3n) is 4.44. The van der Waals surface area contributed by atoms with E-state index < -0.39 is 5.82 Å². The first-order chi connectivity index (χ1) is 8.60. The molecular formula is C14H16BrF2N. The quantitative estimate of drug-likeness (QED) is 0.830. The van der Waals surface area contributed by atoms with Gasteiger partial charge in [-0.1, -0.05) is 0 Å².